The van der Waals surface area contributed by atoms with Crippen molar-refractivity contribution in [2.75, 3.05) is 6.54 Å². The van der Waals surface area contributed by atoms with Gasteiger partial charge < -0.3 is 5.32 Å². The summed E-state index contributed by atoms with van der Waals surface area (Å²) in [5, 5.41) is 3.64. The molecule has 1 nitrogen and oxygen atoms in total. The van der Waals surface area contributed by atoms with Gasteiger partial charge in [0.1, 0.15) is 0 Å². The Morgan fingerprint density at radius 2 is 2.00 bits per heavy atom. The molecular formula is C15H22BrN. The summed E-state index contributed by atoms with van der Waals surface area (Å²) in [6.45, 7) is 10.1. The standard InChI is InChI=1S/C15H22BrN/c1-5-17-13-7-6-9(2)14-10(3)8-12(16)11(4)15(13)14/h8-9,13,17H,5-7H2,1-4H3. The van der Waals surface area contributed by atoms with Crippen molar-refractivity contribution in [3.63, 3.8) is 0 Å². The first kappa shape index (κ1) is 13.1. The van der Waals surface area contributed by atoms with Crippen LogP contribution in [-0.4, -0.2) is 6.54 Å². The highest BCUT2D eigenvalue weighted by Gasteiger charge is 2.28. The Morgan fingerprint density at radius 3 is 2.65 bits per heavy atom. The molecule has 94 valence electrons. The Bertz CT molecular complexity index is 425. The van der Waals surface area contributed by atoms with Gasteiger partial charge in [-0.3, -0.25) is 0 Å². The zero-order chi connectivity index (χ0) is 12.6. The molecule has 0 saturated heterocycles. The molecule has 0 fully saturated rings. The molecule has 0 spiro atoms. The molecule has 0 radical (unpaired) electrons. The van der Waals surface area contributed by atoms with E-state index >= 15 is 0 Å². The van der Waals surface area contributed by atoms with Gasteiger partial charge >= 0.3 is 0 Å². The second-order valence-corrected chi connectivity index (χ2v) is 6.07. The van der Waals surface area contributed by atoms with Gasteiger partial charge in [0.15, 0.2) is 0 Å². The molecule has 1 aliphatic rings. The lowest BCUT2D eigenvalue weighted by atomic mass is 9.77. The van der Waals surface area contributed by atoms with E-state index in [2.05, 4.69) is 55.0 Å². The highest BCUT2D eigenvalue weighted by atomic mass is 79.9. The Hall–Kier alpha value is -0.340. The molecule has 2 rings (SSSR count). The van der Waals surface area contributed by atoms with E-state index in [4.69, 9.17) is 0 Å². The Balaban J connectivity index is 2.59. The fraction of sp³-hybridized carbons (Fsp3) is 0.600. The minimum atomic E-state index is 0.544. The van der Waals surface area contributed by atoms with Crippen LogP contribution in [0.5, 0.6) is 0 Å². The van der Waals surface area contributed by atoms with Crippen LogP contribution in [0.4, 0.5) is 0 Å². The van der Waals surface area contributed by atoms with E-state index in [1.165, 1.54) is 28.4 Å². The lowest BCUT2D eigenvalue weighted by Crippen LogP contribution is -2.27. The van der Waals surface area contributed by atoms with Crippen molar-refractivity contribution in [3.8, 4) is 0 Å². The molecule has 1 N–H and O–H groups in total. The van der Waals surface area contributed by atoms with Gasteiger partial charge in [-0.25, -0.2) is 0 Å². The smallest absolute Gasteiger partial charge is 0.0326 e. The molecule has 0 heterocycles. The summed E-state index contributed by atoms with van der Waals surface area (Å²) in [6, 6.07) is 2.82. The van der Waals surface area contributed by atoms with Gasteiger partial charge in [-0.1, -0.05) is 29.8 Å². The fourth-order valence-electron chi connectivity index (χ4n) is 3.18. The van der Waals surface area contributed by atoms with Crippen LogP contribution in [0.15, 0.2) is 10.5 Å². The number of benzene rings is 1. The van der Waals surface area contributed by atoms with Crippen molar-refractivity contribution >= 4 is 15.9 Å². The first-order chi connectivity index (χ1) is 8.06. The number of aryl methyl sites for hydroxylation is 1. The van der Waals surface area contributed by atoms with E-state index in [-0.39, 0.29) is 0 Å². The lowest BCUT2D eigenvalue weighted by molar-refractivity contribution is 0.437. The average molecular weight is 296 g/mol. The third-order valence-corrected chi connectivity index (χ3v) is 4.82. The van der Waals surface area contributed by atoms with Gasteiger partial charge in [-0.05, 0) is 67.5 Å². The molecule has 0 amide bonds. The number of rotatable bonds is 2. The lowest BCUT2D eigenvalue weighted by Gasteiger charge is -2.33. The highest BCUT2D eigenvalue weighted by Crippen LogP contribution is 2.42. The summed E-state index contributed by atoms with van der Waals surface area (Å²) in [5.41, 5.74) is 6.00. The van der Waals surface area contributed by atoms with Crippen LogP contribution in [0.3, 0.4) is 0 Å². The maximum Gasteiger partial charge on any atom is 0.0326 e. The molecular weight excluding hydrogens is 274 g/mol. The zero-order valence-corrected chi connectivity index (χ0v) is 12.8. The highest BCUT2D eigenvalue weighted by molar-refractivity contribution is 9.10. The quantitative estimate of drug-likeness (QED) is 0.840. The van der Waals surface area contributed by atoms with Crippen LogP contribution in [0.25, 0.3) is 0 Å². The van der Waals surface area contributed by atoms with E-state index in [1.54, 1.807) is 11.1 Å². The second kappa shape index (κ2) is 5.11. The average Bonchev–Trinajstić information content (AvgIpc) is 2.28. The van der Waals surface area contributed by atoms with Gasteiger partial charge in [0.05, 0.1) is 0 Å². The van der Waals surface area contributed by atoms with E-state index in [0.29, 0.717) is 12.0 Å². The largest absolute Gasteiger partial charge is 0.310 e. The molecule has 1 aliphatic carbocycles. The first-order valence-electron chi connectivity index (χ1n) is 6.59. The van der Waals surface area contributed by atoms with Crippen LogP contribution in [0, 0.1) is 13.8 Å². The summed E-state index contributed by atoms with van der Waals surface area (Å²) >= 11 is 3.70. The normalized spacial score (nSPS) is 23.6. The van der Waals surface area contributed by atoms with Gasteiger partial charge in [-0.15, -0.1) is 0 Å². The number of fused-ring (bicyclic) bond motifs is 1. The van der Waals surface area contributed by atoms with Gasteiger partial charge in [0.25, 0.3) is 0 Å². The third-order valence-electron chi connectivity index (χ3n) is 4.00. The molecule has 0 aromatic heterocycles. The maximum atomic E-state index is 3.70. The van der Waals surface area contributed by atoms with Crippen molar-refractivity contribution in [1.29, 1.82) is 0 Å². The topological polar surface area (TPSA) is 12.0 Å². The molecule has 1 aromatic carbocycles. The van der Waals surface area contributed by atoms with Crippen LogP contribution in [0.1, 0.15) is 60.9 Å². The predicted molar refractivity (Wildman–Crippen MR) is 77.7 cm³/mol. The third kappa shape index (κ3) is 2.30. The van der Waals surface area contributed by atoms with Gasteiger partial charge in [0, 0.05) is 10.5 Å². The summed E-state index contributed by atoms with van der Waals surface area (Å²) < 4.78 is 1.26. The Labute approximate surface area is 113 Å². The number of hydrogen-bond acceptors (Lipinski definition) is 1. The Kier molecular flexibility index (Phi) is 3.94. The molecule has 2 unspecified atom stereocenters. The van der Waals surface area contributed by atoms with E-state index in [9.17, 15) is 0 Å². The van der Waals surface area contributed by atoms with Crippen LogP contribution < -0.4 is 5.32 Å². The monoisotopic (exact) mass is 295 g/mol. The first-order valence-corrected chi connectivity index (χ1v) is 7.38. The van der Waals surface area contributed by atoms with Crippen molar-refractivity contribution in [3.05, 3.63) is 32.8 Å². The molecule has 1 aromatic rings. The van der Waals surface area contributed by atoms with Crippen molar-refractivity contribution in [1.82, 2.24) is 5.32 Å². The van der Waals surface area contributed by atoms with E-state index < -0.39 is 0 Å². The number of nitrogens with one attached hydrogen (secondary N) is 1. The summed E-state index contributed by atoms with van der Waals surface area (Å²) in [5.74, 6) is 0.701. The maximum absolute atomic E-state index is 3.70. The minimum absolute atomic E-state index is 0.544. The predicted octanol–water partition coefficient (Wildman–Crippen LogP) is 4.61. The van der Waals surface area contributed by atoms with Crippen LogP contribution >= 0.6 is 15.9 Å². The molecule has 0 aliphatic heterocycles. The minimum Gasteiger partial charge on any atom is -0.310 e. The van der Waals surface area contributed by atoms with E-state index in [0.717, 1.165) is 6.54 Å². The van der Waals surface area contributed by atoms with Crippen LogP contribution in [0.2, 0.25) is 0 Å². The zero-order valence-electron chi connectivity index (χ0n) is 11.2. The van der Waals surface area contributed by atoms with Crippen molar-refractivity contribution in [2.45, 2.75) is 52.5 Å². The fourth-order valence-corrected chi connectivity index (χ4v) is 3.74. The molecule has 2 atom stereocenters. The Morgan fingerprint density at radius 1 is 1.29 bits per heavy atom. The van der Waals surface area contributed by atoms with Gasteiger partial charge in [0.2, 0.25) is 0 Å². The summed E-state index contributed by atoms with van der Waals surface area (Å²) in [6.07, 6.45) is 2.56. The van der Waals surface area contributed by atoms with Crippen molar-refractivity contribution in [2.24, 2.45) is 0 Å². The molecule has 0 saturated carbocycles. The van der Waals surface area contributed by atoms with Crippen LogP contribution in [-0.2, 0) is 0 Å². The number of halogens is 1. The summed E-state index contributed by atoms with van der Waals surface area (Å²) in [4.78, 5) is 0. The second-order valence-electron chi connectivity index (χ2n) is 5.22. The van der Waals surface area contributed by atoms with Gasteiger partial charge in [-0.2, -0.15) is 0 Å². The molecule has 2 heteroatoms. The SMILES string of the molecule is CCNC1CCC(C)c2c(C)cc(Br)c(C)c21. The molecule has 17 heavy (non-hydrogen) atoms. The molecule has 0 bridgehead atoms. The van der Waals surface area contributed by atoms with E-state index in [1.807, 2.05) is 0 Å². The summed E-state index contributed by atoms with van der Waals surface area (Å²) in [7, 11) is 0. The van der Waals surface area contributed by atoms with Crippen molar-refractivity contribution < 1.29 is 0 Å². The number of hydrogen-bond donors (Lipinski definition) is 1.